The number of fused-ring (bicyclic) bond motifs is 1. The van der Waals surface area contributed by atoms with Crippen molar-refractivity contribution in [3.63, 3.8) is 0 Å². The number of aliphatic hydroxyl groups excluding tert-OH is 1. The van der Waals surface area contributed by atoms with Crippen molar-refractivity contribution in [1.82, 2.24) is 34.7 Å². The van der Waals surface area contributed by atoms with Gasteiger partial charge in [0.15, 0.2) is 11.9 Å². The first-order valence-corrected chi connectivity index (χ1v) is 28.0. The molecular weight excluding hydrogens is 1050 g/mol. The quantitative estimate of drug-likeness (QED) is 0.0366. The molecule has 1 aromatic carbocycles. The number of Topliss-reactive ketones (excluding diaryl/α,β-unsaturated/α-hetero) is 1. The van der Waals surface area contributed by atoms with Gasteiger partial charge in [-0.15, -0.1) is 5.10 Å². The lowest BCUT2D eigenvalue weighted by Crippen LogP contribution is -2.55. The van der Waals surface area contributed by atoms with E-state index in [0.717, 1.165) is 32.4 Å². The summed E-state index contributed by atoms with van der Waals surface area (Å²) in [7, 11) is -3.33. The molecule has 4 aromatic rings. The first kappa shape index (κ1) is 59.8. The summed E-state index contributed by atoms with van der Waals surface area (Å²) in [5.41, 5.74) is 0.803. The molecule has 3 aromatic heterocycles. The topological polar surface area (TPSA) is 254 Å². The Balaban J connectivity index is 0.615. The van der Waals surface area contributed by atoms with Crippen molar-refractivity contribution >= 4 is 41.6 Å². The van der Waals surface area contributed by atoms with Crippen LogP contribution in [0.25, 0.3) is 11.0 Å². The van der Waals surface area contributed by atoms with Crippen LogP contribution in [-0.2, 0) is 81.0 Å². The number of halogens is 4. The highest BCUT2D eigenvalue weighted by atomic mass is 35.5. The monoisotopic (exact) mass is 1120 g/mol. The molecule has 0 radical (unpaired) electrons. The highest BCUT2D eigenvalue weighted by Crippen LogP contribution is 2.49. The van der Waals surface area contributed by atoms with Gasteiger partial charge in [-0.3, -0.25) is 9.36 Å². The predicted octanol–water partition coefficient (Wildman–Crippen LogP) is 3.92. The Kier molecular flexibility index (Phi) is 24.0. The second-order valence-electron chi connectivity index (χ2n) is 18.9. The van der Waals surface area contributed by atoms with Crippen molar-refractivity contribution in [2.45, 2.75) is 76.2 Å². The number of carbonyl (C=O) groups is 1. The van der Waals surface area contributed by atoms with Gasteiger partial charge in [0.1, 0.15) is 47.2 Å². The van der Waals surface area contributed by atoms with Gasteiger partial charge in [-0.2, -0.15) is 15.1 Å². The molecule has 424 valence electrons. The molecule has 3 aliphatic rings. The number of ketones is 1. The Morgan fingerprint density at radius 2 is 1.45 bits per heavy atom. The Labute approximate surface area is 443 Å². The van der Waals surface area contributed by atoms with E-state index in [9.17, 15) is 32.5 Å². The van der Waals surface area contributed by atoms with Gasteiger partial charge in [0.2, 0.25) is 12.7 Å². The van der Waals surface area contributed by atoms with Gasteiger partial charge in [-0.1, -0.05) is 5.21 Å². The first-order valence-electron chi connectivity index (χ1n) is 25.4. The second kappa shape index (κ2) is 30.5. The maximum Gasteiger partial charge on any atom is 0.226 e. The van der Waals surface area contributed by atoms with Crippen molar-refractivity contribution in [3.05, 3.63) is 58.5 Å². The molecule has 5 atom stereocenters. The lowest BCUT2D eigenvalue weighted by molar-refractivity contribution is -0.119. The van der Waals surface area contributed by atoms with E-state index >= 15 is 0 Å². The molecule has 2 unspecified atom stereocenters. The van der Waals surface area contributed by atoms with E-state index in [4.69, 9.17) is 63.7 Å². The molecule has 2 N–H and O–H groups in total. The number of aliphatic hydroxyl groups is 1. The van der Waals surface area contributed by atoms with E-state index < -0.39 is 61.0 Å². The molecule has 1 aliphatic carbocycles. The zero-order chi connectivity index (χ0) is 53.8. The first-order chi connectivity index (χ1) is 36.7. The fourth-order valence-electron chi connectivity index (χ4n) is 8.98. The molecule has 5 heterocycles. The standard InChI is InChI=1S/C48H69ClF3N8O15P/c1-76(63,64)33-73-30-38-25-43(62)46(75-38)60-45-40(27-53-60)44(54-47(49)55-45)58-31-48(32-58)4-2-37(26-48)74-21-20-71-17-16-69-14-15-70-18-19-72-29-35-28-59(57-56-35)5-7-66-9-11-68-13-12-67-10-8-65-6-3-36(61)24-39-41(51)22-34(50)23-42(39)52/h22-23,27-28,37-38,43,46,62H,2-21,24-26,29-33H2,1H3,(H,63,64)/t37?,38-,43+,46+/m0/s1. The minimum absolute atomic E-state index is 0.0342. The number of anilines is 1. The van der Waals surface area contributed by atoms with Crippen LogP contribution in [0.2, 0.25) is 5.28 Å². The summed E-state index contributed by atoms with van der Waals surface area (Å²) in [4.78, 5) is 32.6. The molecule has 76 heavy (non-hydrogen) atoms. The van der Waals surface area contributed by atoms with Crippen LogP contribution < -0.4 is 4.90 Å². The average Bonchev–Trinajstić information content (AvgIpc) is 4.21. The van der Waals surface area contributed by atoms with Crippen LogP contribution in [0.5, 0.6) is 0 Å². The van der Waals surface area contributed by atoms with Crippen LogP contribution in [0.4, 0.5) is 19.0 Å². The third-order valence-electron chi connectivity index (χ3n) is 12.6. The Bertz CT molecular complexity index is 2430. The van der Waals surface area contributed by atoms with Crippen LogP contribution in [0.15, 0.2) is 24.5 Å². The van der Waals surface area contributed by atoms with Gasteiger partial charge in [0.05, 0.1) is 155 Å². The molecular formula is C48H69ClF3N8O15P. The molecule has 1 saturated carbocycles. The van der Waals surface area contributed by atoms with Crippen LogP contribution >= 0.6 is 19.0 Å². The van der Waals surface area contributed by atoms with Crippen molar-refractivity contribution in [2.24, 2.45) is 5.41 Å². The van der Waals surface area contributed by atoms with Gasteiger partial charge in [-0.25, -0.2) is 22.5 Å². The van der Waals surface area contributed by atoms with Crippen LogP contribution in [0, 0.1) is 22.9 Å². The molecule has 1 spiro atoms. The fourth-order valence-corrected chi connectivity index (χ4v) is 9.58. The second-order valence-corrected chi connectivity index (χ2v) is 21.6. The molecule has 3 fully saturated rings. The minimum atomic E-state index is -3.33. The largest absolute Gasteiger partial charge is 0.388 e. The molecule has 0 bridgehead atoms. The van der Waals surface area contributed by atoms with Crippen molar-refractivity contribution < 1.29 is 84.6 Å². The lowest BCUT2D eigenvalue weighted by atomic mass is 9.78. The molecule has 7 rings (SSSR count). The van der Waals surface area contributed by atoms with E-state index in [-0.39, 0.29) is 62.4 Å². The highest BCUT2D eigenvalue weighted by molar-refractivity contribution is 7.56. The van der Waals surface area contributed by atoms with Crippen molar-refractivity contribution in [3.8, 4) is 0 Å². The Morgan fingerprint density at radius 1 is 0.842 bits per heavy atom. The van der Waals surface area contributed by atoms with Crippen molar-refractivity contribution in [2.75, 3.05) is 143 Å². The van der Waals surface area contributed by atoms with E-state index in [1.165, 1.54) is 11.3 Å². The van der Waals surface area contributed by atoms with Gasteiger partial charge in [0.25, 0.3) is 0 Å². The molecule has 23 nitrogen and oxygen atoms in total. The van der Waals surface area contributed by atoms with E-state index in [2.05, 4.69) is 30.3 Å². The number of hydrogen-bond acceptors (Lipinski definition) is 20. The number of ether oxygens (including phenoxy) is 11. The van der Waals surface area contributed by atoms with Crippen LogP contribution in [0.3, 0.4) is 0 Å². The molecule has 2 aliphatic heterocycles. The smallest absolute Gasteiger partial charge is 0.226 e. The predicted molar refractivity (Wildman–Crippen MR) is 265 cm³/mol. The third-order valence-corrected chi connectivity index (χ3v) is 13.4. The summed E-state index contributed by atoms with van der Waals surface area (Å²) >= 11 is 6.41. The van der Waals surface area contributed by atoms with Crippen LogP contribution in [-0.4, -0.2) is 207 Å². The maximum absolute atomic E-state index is 13.7. The number of hydrogen-bond donors (Lipinski definition) is 2. The Hall–Kier alpha value is -3.83. The normalized spacial score (nSPS) is 20.1. The molecule has 2 saturated heterocycles. The number of aromatic nitrogens is 7. The summed E-state index contributed by atoms with van der Waals surface area (Å²) in [6, 6.07) is 1.09. The third kappa shape index (κ3) is 19.2. The minimum Gasteiger partial charge on any atom is -0.388 e. The SMILES string of the molecule is CP(=O)(O)COC[C@@H]1C[C@@H](O)[C@H](n2ncc3c(N4CC5(CCC(OCCOCCOCCOCCOCc6cn(CCOCCOCCOCCOCCC(=O)Cc7c(F)cc(F)cc7F)nn6)C5)C4)nc(Cl)nc32)O1. The van der Waals surface area contributed by atoms with Gasteiger partial charge in [-0.05, 0) is 30.9 Å². The lowest BCUT2D eigenvalue weighted by Gasteiger charge is -2.49. The summed E-state index contributed by atoms with van der Waals surface area (Å²) in [6.45, 7) is 9.74. The van der Waals surface area contributed by atoms with E-state index in [0.29, 0.717) is 134 Å². The van der Waals surface area contributed by atoms with Gasteiger partial charge >= 0.3 is 0 Å². The summed E-state index contributed by atoms with van der Waals surface area (Å²) in [6.07, 6.45) is 3.83. The summed E-state index contributed by atoms with van der Waals surface area (Å²) < 4.78 is 117. The van der Waals surface area contributed by atoms with E-state index in [1.807, 2.05) is 0 Å². The van der Waals surface area contributed by atoms with Crippen LogP contribution in [0.1, 0.15) is 49.6 Å². The number of rotatable bonds is 38. The zero-order valence-corrected chi connectivity index (χ0v) is 44.3. The van der Waals surface area contributed by atoms with Gasteiger partial charge < -0.3 is 67.0 Å². The average molecular weight is 1120 g/mol. The zero-order valence-electron chi connectivity index (χ0n) is 42.7. The van der Waals surface area contributed by atoms with Crippen molar-refractivity contribution in [1.29, 1.82) is 0 Å². The highest BCUT2D eigenvalue weighted by Gasteiger charge is 2.49. The molecule has 28 heteroatoms. The number of nitrogens with zero attached hydrogens (tertiary/aromatic N) is 8. The number of carbonyl (C=O) groups excluding carboxylic acids is 1. The molecule has 0 amide bonds. The fraction of sp³-hybridized carbons (Fsp3) is 0.708. The van der Waals surface area contributed by atoms with Gasteiger partial charge in [0, 0.05) is 62.1 Å². The Morgan fingerprint density at radius 3 is 2.09 bits per heavy atom. The summed E-state index contributed by atoms with van der Waals surface area (Å²) in [5, 5.41) is 24.3. The summed E-state index contributed by atoms with van der Waals surface area (Å²) in [5.74, 6) is -2.95. The van der Waals surface area contributed by atoms with E-state index in [1.54, 1.807) is 17.1 Å². The number of benzene rings is 1. The maximum atomic E-state index is 13.7.